The topological polar surface area (TPSA) is 49.3 Å². The Morgan fingerprint density at radius 2 is 2.00 bits per heavy atom. The van der Waals surface area contributed by atoms with E-state index >= 15 is 0 Å². The summed E-state index contributed by atoms with van der Waals surface area (Å²) in [5.74, 6) is 0.197. The summed E-state index contributed by atoms with van der Waals surface area (Å²) in [6, 6.07) is 4.64. The molecule has 20 heavy (non-hydrogen) atoms. The molecule has 0 bridgehead atoms. The van der Waals surface area contributed by atoms with Gasteiger partial charge in [-0.05, 0) is 43.7 Å². The maximum absolute atomic E-state index is 10.7. The number of aliphatic carboxylic acids is 1. The highest BCUT2D eigenvalue weighted by molar-refractivity contribution is 7.12. The van der Waals surface area contributed by atoms with Crippen molar-refractivity contribution in [1.29, 1.82) is 0 Å². The summed E-state index contributed by atoms with van der Waals surface area (Å²) in [7, 11) is 0. The van der Waals surface area contributed by atoms with Crippen LogP contribution in [-0.2, 0) is 17.8 Å². The lowest BCUT2D eigenvalue weighted by Crippen LogP contribution is -2.32. The first-order valence-electron chi connectivity index (χ1n) is 7.70. The van der Waals surface area contributed by atoms with Crippen molar-refractivity contribution in [1.82, 2.24) is 5.32 Å². The predicted molar refractivity (Wildman–Crippen MR) is 83.2 cm³/mol. The molecule has 1 aliphatic carbocycles. The van der Waals surface area contributed by atoms with Crippen LogP contribution in [0.2, 0.25) is 0 Å². The molecule has 1 aromatic rings. The second kappa shape index (κ2) is 7.79. The van der Waals surface area contributed by atoms with E-state index in [4.69, 9.17) is 5.11 Å². The van der Waals surface area contributed by atoms with Crippen molar-refractivity contribution >= 4 is 17.3 Å². The summed E-state index contributed by atoms with van der Waals surface area (Å²) in [6.45, 7) is 3.16. The molecule has 0 aromatic carbocycles. The molecule has 3 nitrogen and oxygen atoms in total. The molecule has 112 valence electrons. The lowest BCUT2D eigenvalue weighted by molar-refractivity contribution is -0.136. The molecule has 1 aliphatic rings. The van der Waals surface area contributed by atoms with E-state index in [0.29, 0.717) is 6.04 Å². The van der Waals surface area contributed by atoms with Gasteiger partial charge in [0.15, 0.2) is 0 Å². The fraction of sp³-hybridized carbons (Fsp3) is 0.688. The van der Waals surface area contributed by atoms with E-state index in [1.807, 2.05) is 6.07 Å². The van der Waals surface area contributed by atoms with Gasteiger partial charge in [-0.1, -0.05) is 19.8 Å². The van der Waals surface area contributed by atoms with Crippen LogP contribution in [-0.4, -0.2) is 17.1 Å². The minimum Gasteiger partial charge on any atom is -0.481 e. The molecule has 0 amide bonds. The van der Waals surface area contributed by atoms with Crippen molar-refractivity contribution in [2.24, 2.45) is 5.92 Å². The molecule has 1 fully saturated rings. The number of hydrogen-bond acceptors (Lipinski definition) is 3. The maximum Gasteiger partial charge on any atom is 0.308 e. The van der Waals surface area contributed by atoms with Crippen LogP contribution in [0.3, 0.4) is 0 Å². The first-order valence-corrected chi connectivity index (χ1v) is 8.51. The van der Waals surface area contributed by atoms with E-state index in [1.165, 1.54) is 43.4 Å². The average Bonchev–Trinajstić information content (AvgIpc) is 2.85. The zero-order valence-corrected chi connectivity index (χ0v) is 13.0. The van der Waals surface area contributed by atoms with Crippen LogP contribution < -0.4 is 5.32 Å². The van der Waals surface area contributed by atoms with E-state index in [2.05, 4.69) is 18.3 Å². The highest BCUT2D eigenvalue weighted by Crippen LogP contribution is 2.28. The van der Waals surface area contributed by atoms with Crippen LogP contribution >= 0.6 is 11.3 Å². The molecule has 1 saturated carbocycles. The predicted octanol–water partition coefficient (Wildman–Crippen LogP) is 3.82. The number of carboxylic acids is 1. The summed E-state index contributed by atoms with van der Waals surface area (Å²) >= 11 is 1.62. The van der Waals surface area contributed by atoms with Crippen molar-refractivity contribution in [2.45, 2.75) is 64.5 Å². The molecular formula is C16H25NO2S. The molecule has 0 atom stereocenters. The minimum atomic E-state index is -0.749. The summed E-state index contributed by atoms with van der Waals surface area (Å²) in [5, 5.41) is 12.4. The summed E-state index contributed by atoms with van der Waals surface area (Å²) < 4.78 is 0. The summed E-state index contributed by atoms with van der Waals surface area (Å²) in [6.07, 6.45) is 8.14. The number of nitrogens with one attached hydrogen (secondary N) is 1. The van der Waals surface area contributed by atoms with E-state index in [0.717, 1.165) is 17.3 Å². The monoisotopic (exact) mass is 295 g/mol. The zero-order valence-electron chi connectivity index (χ0n) is 12.2. The molecule has 4 heteroatoms. The maximum atomic E-state index is 10.7. The van der Waals surface area contributed by atoms with Gasteiger partial charge in [-0.3, -0.25) is 4.79 Å². The molecule has 0 unspecified atom stereocenters. The van der Waals surface area contributed by atoms with Gasteiger partial charge in [0, 0.05) is 22.3 Å². The van der Waals surface area contributed by atoms with Crippen LogP contribution in [0.5, 0.6) is 0 Å². The van der Waals surface area contributed by atoms with Crippen LogP contribution in [0.25, 0.3) is 0 Å². The van der Waals surface area contributed by atoms with E-state index in [1.54, 1.807) is 11.3 Å². The molecular weight excluding hydrogens is 270 g/mol. The normalized spacial score (nSPS) is 22.9. The van der Waals surface area contributed by atoms with Crippen molar-refractivity contribution < 1.29 is 9.90 Å². The third-order valence-corrected chi connectivity index (χ3v) is 5.24. The molecule has 2 rings (SSSR count). The van der Waals surface area contributed by atoms with Gasteiger partial charge in [0.1, 0.15) is 0 Å². The Bertz CT molecular complexity index is 422. The Labute approximate surface area is 125 Å². The van der Waals surface area contributed by atoms with Crippen molar-refractivity contribution in [3.8, 4) is 0 Å². The third-order valence-electron chi connectivity index (χ3n) is 4.15. The lowest BCUT2D eigenvalue weighted by Gasteiger charge is -2.28. The number of thiophene rings is 1. The van der Waals surface area contributed by atoms with Crippen molar-refractivity contribution in [3.05, 3.63) is 21.9 Å². The van der Waals surface area contributed by atoms with Gasteiger partial charge in [0.2, 0.25) is 0 Å². The summed E-state index contributed by atoms with van der Waals surface area (Å²) in [5.41, 5.74) is 0. The van der Waals surface area contributed by atoms with Crippen molar-refractivity contribution in [2.75, 3.05) is 0 Å². The van der Waals surface area contributed by atoms with Crippen LogP contribution in [0.15, 0.2) is 12.1 Å². The lowest BCUT2D eigenvalue weighted by atomic mass is 9.83. The molecule has 2 N–H and O–H groups in total. The first kappa shape index (κ1) is 15.5. The fourth-order valence-electron chi connectivity index (χ4n) is 3.07. The number of hydrogen-bond donors (Lipinski definition) is 2. The fourth-order valence-corrected chi connectivity index (χ4v) is 4.03. The SMILES string of the molecule is CCCC1CCC(NCc2ccc(CC(=O)O)s2)CC1. The Morgan fingerprint density at radius 1 is 1.30 bits per heavy atom. The highest BCUT2D eigenvalue weighted by atomic mass is 32.1. The molecule has 0 radical (unpaired) electrons. The largest absolute Gasteiger partial charge is 0.481 e. The van der Waals surface area contributed by atoms with Gasteiger partial charge in [0.05, 0.1) is 6.42 Å². The molecule has 1 aromatic heterocycles. The second-order valence-electron chi connectivity index (χ2n) is 5.83. The Balaban J connectivity index is 1.70. The zero-order chi connectivity index (χ0) is 14.4. The number of rotatable bonds is 7. The van der Waals surface area contributed by atoms with E-state index in [9.17, 15) is 4.79 Å². The Hall–Kier alpha value is -0.870. The first-order chi connectivity index (χ1) is 9.67. The van der Waals surface area contributed by atoms with Crippen LogP contribution in [0, 0.1) is 5.92 Å². The molecule has 0 saturated heterocycles. The van der Waals surface area contributed by atoms with Gasteiger partial charge in [-0.15, -0.1) is 11.3 Å². The minimum absolute atomic E-state index is 0.146. The Morgan fingerprint density at radius 3 is 2.65 bits per heavy atom. The molecule has 0 spiro atoms. The quantitative estimate of drug-likeness (QED) is 0.804. The molecule has 0 aliphatic heterocycles. The third kappa shape index (κ3) is 4.91. The van der Waals surface area contributed by atoms with Crippen LogP contribution in [0.1, 0.15) is 55.2 Å². The second-order valence-corrected chi connectivity index (χ2v) is 7.08. The van der Waals surface area contributed by atoms with Gasteiger partial charge < -0.3 is 10.4 Å². The van der Waals surface area contributed by atoms with Gasteiger partial charge in [0.25, 0.3) is 0 Å². The van der Waals surface area contributed by atoms with Crippen molar-refractivity contribution in [3.63, 3.8) is 0 Å². The standard InChI is InChI=1S/C16H25NO2S/c1-2-3-12-4-6-13(7-5-12)17-11-15-9-8-14(20-15)10-16(18)19/h8-9,12-13,17H,2-7,10-11H2,1H3,(H,18,19). The Kier molecular flexibility index (Phi) is 6.05. The highest BCUT2D eigenvalue weighted by Gasteiger charge is 2.20. The average molecular weight is 295 g/mol. The number of carboxylic acid groups (broad SMARTS) is 1. The van der Waals surface area contributed by atoms with Gasteiger partial charge in [-0.25, -0.2) is 0 Å². The summed E-state index contributed by atoms with van der Waals surface area (Å²) in [4.78, 5) is 12.9. The van der Waals surface area contributed by atoms with E-state index in [-0.39, 0.29) is 6.42 Å². The van der Waals surface area contributed by atoms with E-state index < -0.39 is 5.97 Å². The smallest absolute Gasteiger partial charge is 0.308 e. The van der Waals surface area contributed by atoms with Crippen LogP contribution in [0.4, 0.5) is 0 Å². The van der Waals surface area contributed by atoms with Gasteiger partial charge >= 0.3 is 5.97 Å². The molecule has 1 heterocycles. The van der Waals surface area contributed by atoms with Gasteiger partial charge in [-0.2, -0.15) is 0 Å². The number of carbonyl (C=O) groups is 1.